The Morgan fingerprint density at radius 1 is 0.917 bits per heavy atom. The molecule has 0 aliphatic carbocycles. The monoisotopic (exact) mass is 318 g/mol. The molecular weight excluding hydrogens is 300 g/mol. The Kier molecular flexibility index (Phi) is 4.34. The number of hydrogen-bond donors (Lipinski definition) is 1. The summed E-state index contributed by atoms with van der Waals surface area (Å²) in [6.07, 6.45) is 5.01. The van der Waals surface area contributed by atoms with Crippen LogP contribution in [0.3, 0.4) is 0 Å². The summed E-state index contributed by atoms with van der Waals surface area (Å²) < 4.78 is 5.42. The molecule has 0 saturated carbocycles. The SMILES string of the molecule is C=CCc1ccc(O)c(-c2cc(CC=C)cc3ccc(=O)oc23)c1. The van der Waals surface area contributed by atoms with Gasteiger partial charge in [0, 0.05) is 22.6 Å². The Labute approximate surface area is 140 Å². The average molecular weight is 318 g/mol. The van der Waals surface area contributed by atoms with E-state index in [1.165, 1.54) is 6.07 Å². The molecule has 0 spiro atoms. The zero-order chi connectivity index (χ0) is 17.1. The van der Waals surface area contributed by atoms with Crippen molar-refractivity contribution in [1.29, 1.82) is 0 Å². The molecule has 120 valence electrons. The smallest absolute Gasteiger partial charge is 0.336 e. The fourth-order valence-electron chi connectivity index (χ4n) is 2.82. The van der Waals surface area contributed by atoms with Crippen molar-refractivity contribution >= 4 is 11.0 Å². The van der Waals surface area contributed by atoms with E-state index >= 15 is 0 Å². The van der Waals surface area contributed by atoms with Crippen LogP contribution in [-0.4, -0.2) is 5.11 Å². The Morgan fingerprint density at radius 3 is 2.38 bits per heavy atom. The van der Waals surface area contributed by atoms with E-state index in [-0.39, 0.29) is 5.75 Å². The molecule has 0 radical (unpaired) electrons. The van der Waals surface area contributed by atoms with E-state index in [1.54, 1.807) is 12.1 Å². The van der Waals surface area contributed by atoms with E-state index < -0.39 is 5.63 Å². The van der Waals surface area contributed by atoms with E-state index in [1.807, 2.05) is 36.4 Å². The van der Waals surface area contributed by atoms with Gasteiger partial charge in [-0.15, -0.1) is 13.2 Å². The topological polar surface area (TPSA) is 50.4 Å². The lowest BCUT2D eigenvalue weighted by Crippen LogP contribution is -1.97. The third-order valence-corrected chi connectivity index (χ3v) is 3.89. The lowest BCUT2D eigenvalue weighted by atomic mass is 9.96. The van der Waals surface area contributed by atoms with Gasteiger partial charge in [-0.2, -0.15) is 0 Å². The number of allylic oxidation sites excluding steroid dienone is 2. The number of benzene rings is 2. The van der Waals surface area contributed by atoms with E-state index in [9.17, 15) is 9.90 Å². The van der Waals surface area contributed by atoms with Crippen molar-refractivity contribution < 1.29 is 9.52 Å². The molecule has 0 amide bonds. The van der Waals surface area contributed by atoms with Gasteiger partial charge < -0.3 is 9.52 Å². The quantitative estimate of drug-likeness (QED) is 0.551. The van der Waals surface area contributed by atoms with Crippen LogP contribution in [0.5, 0.6) is 5.75 Å². The molecule has 0 atom stereocenters. The van der Waals surface area contributed by atoms with Crippen molar-refractivity contribution in [3.8, 4) is 16.9 Å². The van der Waals surface area contributed by atoms with Crippen LogP contribution in [0.25, 0.3) is 22.1 Å². The van der Waals surface area contributed by atoms with E-state index in [0.717, 1.165) is 16.5 Å². The molecule has 2 aromatic carbocycles. The Hall–Kier alpha value is -3.07. The summed E-state index contributed by atoms with van der Waals surface area (Å²) in [5, 5.41) is 11.2. The number of phenols is 1. The molecular formula is C21H18O3. The molecule has 0 aliphatic heterocycles. The van der Waals surface area contributed by atoms with Crippen molar-refractivity contribution in [2.75, 3.05) is 0 Å². The molecule has 24 heavy (non-hydrogen) atoms. The maximum Gasteiger partial charge on any atom is 0.336 e. The van der Waals surface area contributed by atoms with Crippen LogP contribution in [0.15, 0.2) is 77.0 Å². The lowest BCUT2D eigenvalue weighted by molar-refractivity contribution is 0.477. The van der Waals surface area contributed by atoms with Gasteiger partial charge in [0.05, 0.1) is 0 Å². The predicted molar refractivity (Wildman–Crippen MR) is 97.4 cm³/mol. The van der Waals surface area contributed by atoms with Crippen molar-refractivity contribution in [2.24, 2.45) is 0 Å². The highest BCUT2D eigenvalue weighted by Crippen LogP contribution is 2.36. The molecule has 0 bridgehead atoms. The maximum atomic E-state index is 11.7. The summed E-state index contributed by atoms with van der Waals surface area (Å²) in [6, 6.07) is 12.4. The van der Waals surface area contributed by atoms with Crippen molar-refractivity contribution in [1.82, 2.24) is 0 Å². The Morgan fingerprint density at radius 2 is 1.62 bits per heavy atom. The zero-order valence-electron chi connectivity index (χ0n) is 13.3. The number of fused-ring (bicyclic) bond motifs is 1. The second-order valence-electron chi connectivity index (χ2n) is 5.65. The summed E-state index contributed by atoms with van der Waals surface area (Å²) in [7, 11) is 0. The lowest BCUT2D eigenvalue weighted by Gasteiger charge is -2.11. The third kappa shape index (κ3) is 3.01. The van der Waals surface area contributed by atoms with E-state index in [4.69, 9.17) is 4.42 Å². The highest BCUT2D eigenvalue weighted by Gasteiger charge is 2.13. The number of phenolic OH excluding ortho intramolecular Hbond substituents is 1. The van der Waals surface area contributed by atoms with Crippen molar-refractivity contribution in [3.05, 3.63) is 89.3 Å². The van der Waals surface area contributed by atoms with Gasteiger partial charge in [-0.1, -0.05) is 18.2 Å². The molecule has 3 aromatic rings. The van der Waals surface area contributed by atoms with Crippen molar-refractivity contribution in [3.63, 3.8) is 0 Å². The Bertz CT molecular complexity index is 980. The molecule has 1 N–H and O–H groups in total. The first-order chi connectivity index (χ1) is 11.6. The summed E-state index contributed by atoms with van der Waals surface area (Å²) >= 11 is 0. The predicted octanol–water partition coefficient (Wildman–Crippen LogP) is 4.62. The minimum Gasteiger partial charge on any atom is -0.507 e. The first-order valence-electron chi connectivity index (χ1n) is 7.73. The van der Waals surface area contributed by atoms with Gasteiger partial charge in [0.25, 0.3) is 0 Å². The molecule has 1 heterocycles. The van der Waals surface area contributed by atoms with Gasteiger partial charge >= 0.3 is 5.63 Å². The van der Waals surface area contributed by atoms with Crippen LogP contribution in [0.1, 0.15) is 11.1 Å². The van der Waals surface area contributed by atoms with Crippen LogP contribution in [0, 0.1) is 0 Å². The van der Waals surface area contributed by atoms with E-state index in [2.05, 4.69) is 13.2 Å². The molecule has 3 rings (SSSR count). The van der Waals surface area contributed by atoms with Gasteiger partial charge in [-0.25, -0.2) is 4.79 Å². The number of hydrogen-bond acceptors (Lipinski definition) is 3. The minimum absolute atomic E-state index is 0.145. The normalized spacial score (nSPS) is 10.7. The standard InChI is InChI=1S/C21H18O3/c1-3-5-14-7-9-19(22)17(12-14)18-13-15(6-4-2)11-16-8-10-20(23)24-21(16)18/h3-4,7-13,22H,1-2,5-6H2. The van der Waals surface area contributed by atoms with Crippen molar-refractivity contribution in [2.45, 2.75) is 12.8 Å². The summed E-state index contributed by atoms with van der Waals surface area (Å²) in [4.78, 5) is 11.7. The van der Waals surface area contributed by atoms with Crippen LogP contribution >= 0.6 is 0 Å². The summed E-state index contributed by atoms with van der Waals surface area (Å²) in [5.41, 5.74) is 3.46. The maximum absolute atomic E-state index is 11.7. The fourth-order valence-corrected chi connectivity index (χ4v) is 2.82. The highest BCUT2D eigenvalue weighted by atomic mass is 16.4. The van der Waals surface area contributed by atoms with Gasteiger partial charge in [-0.3, -0.25) is 0 Å². The summed E-state index contributed by atoms with van der Waals surface area (Å²) in [6.45, 7) is 7.52. The molecule has 0 saturated heterocycles. The van der Waals surface area contributed by atoms with Gasteiger partial charge in [-0.05, 0) is 54.3 Å². The molecule has 0 unspecified atom stereocenters. The van der Waals surface area contributed by atoms with Gasteiger partial charge in [0.2, 0.25) is 0 Å². The fraction of sp³-hybridized carbons (Fsp3) is 0.0952. The Balaban J connectivity index is 2.33. The largest absolute Gasteiger partial charge is 0.507 e. The highest BCUT2D eigenvalue weighted by molar-refractivity contribution is 5.94. The molecule has 0 fully saturated rings. The first kappa shape index (κ1) is 15.8. The second kappa shape index (κ2) is 6.59. The van der Waals surface area contributed by atoms with Gasteiger partial charge in [0.1, 0.15) is 11.3 Å². The molecule has 3 heteroatoms. The van der Waals surface area contributed by atoms with Crippen LogP contribution in [-0.2, 0) is 12.8 Å². The van der Waals surface area contributed by atoms with Crippen LogP contribution in [0.2, 0.25) is 0 Å². The first-order valence-corrected chi connectivity index (χ1v) is 7.73. The number of rotatable bonds is 5. The second-order valence-corrected chi connectivity index (χ2v) is 5.65. The molecule has 3 nitrogen and oxygen atoms in total. The molecule has 1 aromatic heterocycles. The number of aromatic hydroxyl groups is 1. The minimum atomic E-state index is -0.415. The average Bonchev–Trinajstić information content (AvgIpc) is 2.57. The third-order valence-electron chi connectivity index (χ3n) is 3.89. The van der Waals surface area contributed by atoms with Crippen LogP contribution < -0.4 is 5.63 Å². The summed E-state index contributed by atoms with van der Waals surface area (Å²) in [5.74, 6) is 0.145. The van der Waals surface area contributed by atoms with E-state index in [0.29, 0.717) is 29.6 Å². The van der Waals surface area contributed by atoms with Gasteiger partial charge in [0.15, 0.2) is 0 Å². The molecule has 0 aliphatic rings. The van der Waals surface area contributed by atoms with Crippen LogP contribution in [0.4, 0.5) is 0 Å². The zero-order valence-corrected chi connectivity index (χ0v) is 13.3.